The Morgan fingerprint density at radius 3 is 2.32 bits per heavy atom. The van der Waals surface area contributed by atoms with Crippen LogP contribution in [0.3, 0.4) is 0 Å². The summed E-state index contributed by atoms with van der Waals surface area (Å²) in [5.74, 6) is 0. The molecule has 0 radical (unpaired) electrons. The molecule has 2 rings (SSSR count). The number of hydrogen-bond donors (Lipinski definition) is 0. The van der Waals surface area contributed by atoms with E-state index in [1.165, 1.54) is 0 Å². The lowest BCUT2D eigenvalue weighted by Crippen LogP contribution is -1.87. The third kappa shape index (κ3) is 3.27. The van der Waals surface area contributed by atoms with E-state index in [1.54, 1.807) is 0 Å². The average molecular weight is 397 g/mol. The van der Waals surface area contributed by atoms with Crippen LogP contribution in [0.25, 0.3) is 10.6 Å². The minimum atomic E-state index is 0.438. The van der Waals surface area contributed by atoms with Gasteiger partial charge in [0.25, 0.3) is 0 Å². The highest BCUT2D eigenvalue weighted by Crippen LogP contribution is 2.34. The Morgan fingerprint density at radius 1 is 1.05 bits per heavy atom. The van der Waals surface area contributed by atoms with Crippen molar-refractivity contribution in [2.24, 2.45) is 0 Å². The lowest BCUT2D eigenvalue weighted by Gasteiger charge is -2.07. The summed E-state index contributed by atoms with van der Waals surface area (Å²) >= 11 is 13.2. The lowest BCUT2D eigenvalue weighted by molar-refractivity contribution is 1.51. The molecule has 0 aliphatic carbocycles. The van der Waals surface area contributed by atoms with Crippen molar-refractivity contribution in [2.75, 3.05) is 0 Å². The van der Waals surface area contributed by atoms with Crippen LogP contribution < -0.4 is 0 Å². The number of nitrogens with zero attached hydrogens (tertiary/aromatic N) is 1. The van der Waals surface area contributed by atoms with E-state index < -0.39 is 0 Å². The number of allylic oxidation sites excluding steroid dienone is 1. The van der Waals surface area contributed by atoms with Crippen LogP contribution >= 0.6 is 43.5 Å². The molecule has 2 aromatic carbocycles. The maximum absolute atomic E-state index is 9.34. The van der Waals surface area contributed by atoms with Gasteiger partial charge in [0.1, 0.15) is 6.07 Å². The first-order chi connectivity index (χ1) is 9.13. The van der Waals surface area contributed by atoms with Gasteiger partial charge in [-0.3, -0.25) is 0 Å². The number of halogens is 3. The van der Waals surface area contributed by atoms with Gasteiger partial charge < -0.3 is 0 Å². The number of rotatable bonds is 2. The molecule has 0 aliphatic rings. The minimum Gasteiger partial charge on any atom is -0.192 e. The highest BCUT2D eigenvalue weighted by molar-refractivity contribution is 9.11. The van der Waals surface area contributed by atoms with Crippen LogP contribution in [0, 0.1) is 11.3 Å². The predicted molar refractivity (Wildman–Crippen MR) is 86.6 cm³/mol. The largest absolute Gasteiger partial charge is 0.192 e. The van der Waals surface area contributed by atoms with Gasteiger partial charge in [0, 0.05) is 14.5 Å². The fraction of sp³-hybridized carbons (Fsp3) is 0. The van der Waals surface area contributed by atoms with Crippen LogP contribution in [-0.4, -0.2) is 0 Å². The van der Waals surface area contributed by atoms with Crippen LogP contribution in [0.2, 0.25) is 0 Å². The summed E-state index contributed by atoms with van der Waals surface area (Å²) < 4.78 is 1.79. The first kappa shape index (κ1) is 14.3. The van der Waals surface area contributed by atoms with Gasteiger partial charge in [0.15, 0.2) is 0 Å². The van der Waals surface area contributed by atoms with E-state index in [0.29, 0.717) is 10.6 Å². The summed E-state index contributed by atoms with van der Waals surface area (Å²) in [5.41, 5.74) is 2.07. The van der Waals surface area contributed by atoms with Crippen molar-refractivity contribution in [3.63, 3.8) is 0 Å². The molecule has 0 N–H and O–H groups in total. The molecule has 0 amide bonds. The summed E-state index contributed by atoms with van der Waals surface area (Å²) in [6, 6.07) is 17.2. The molecule has 0 fully saturated rings. The smallest absolute Gasteiger partial charge is 0.101 e. The van der Waals surface area contributed by atoms with Crippen molar-refractivity contribution in [2.45, 2.75) is 0 Å². The van der Waals surface area contributed by atoms with Crippen molar-refractivity contribution in [3.05, 3.63) is 68.6 Å². The van der Waals surface area contributed by atoms with Gasteiger partial charge in [-0.25, -0.2) is 0 Å². The Kier molecular flexibility index (Phi) is 4.81. The molecule has 1 nitrogen and oxygen atoms in total. The van der Waals surface area contributed by atoms with E-state index in [4.69, 9.17) is 11.6 Å². The highest BCUT2D eigenvalue weighted by Gasteiger charge is 2.12. The maximum atomic E-state index is 9.34. The molecule has 0 unspecified atom stereocenters. The van der Waals surface area contributed by atoms with Crippen LogP contribution in [0.5, 0.6) is 0 Å². The molecule has 94 valence electrons. The number of benzene rings is 2. The van der Waals surface area contributed by atoms with Gasteiger partial charge in [-0.1, -0.05) is 79.9 Å². The molecular formula is C15H8Br2ClN. The molecule has 0 saturated carbocycles. The molecule has 0 atom stereocenters. The normalized spacial score (nSPS) is 11.7. The second-order valence-corrected chi connectivity index (χ2v) is 5.94. The van der Waals surface area contributed by atoms with Crippen LogP contribution in [0.1, 0.15) is 11.1 Å². The van der Waals surface area contributed by atoms with E-state index in [0.717, 1.165) is 20.1 Å². The fourth-order valence-electron chi connectivity index (χ4n) is 1.65. The summed E-state index contributed by atoms with van der Waals surface area (Å²) in [5, 5.41) is 9.78. The third-order valence-electron chi connectivity index (χ3n) is 2.56. The third-order valence-corrected chi connectivity index (χ3v) is 4.10. The van der Waals surface area contributed by atoms with Crippen molar-refractivity contribution in [3.8, 4) is 6.07 Å². The lowest BCUT2D eigenvalue weighted by atomic mass is 10.0. The molecule has 0 aliphatic heterocycles. The molecule has 0 aromatic heterocycles. The van der Waals surface area contributed by atoms with E-state index in [2.05, 4.69) is 37.9 Å². The molecule has 0 spiro atoms. The SMILES string of the molecule is N#C/C(=C(/Cl)c1ccc(Br)cc1Br)c1ccccc1. The van der Waals surface area contributed by atoms with Crippen LogP contribution in [0.15, 0.2) is 57.5 Å². The average Bonchev–Trinajstić information content (AvgIpc) is 2.40. The summed E-state index contributed by atoms with van der Waals surface area (Å²) in [4.78, 5) is 0. The second-order valence-electron chi connectivity index (χ2n) is 3.79. The minimum absolute atomic E-state index is 0.438. The maximum Gasteiger partial charge on any atom is 0.101 e. The van der Waals surface area contributed by atoms with Crippen molar-refractivity contribution in [1.29, 1.82) is 5.26 Å². The zero-order chi connectivity index (χ0) is 13.8. The standard InChI is InChI=1S/C15H8Br2ClN/c16-11-6-7-12(14(17)8-11)15(18)13(9-19)10-4-2-1-3-5-10/h1-8H/b15-13-. The fourth-order valence-corrected chi connectivity index (χ4v) is 3.32. The van der Waals surface area contributed by atoms with Gasteiger partial charge in [-0.15, -0.1) is 0 Å². The van der Waals surface area contributed by atoms with E-state index in [9.17, 15) is 5.26 Å². The Bertz CT molecular complexity index is 672. The molecule has 4 heteroatoms. The van der Waals surface area contributed by atoms with Gasteiger partial charge in [0.05, 0.1) is 10.6 Å². The summed E-state index contributed by atoms with van der Waals surface area (Å²) in [7, 11) is 0. The van der Waals surface area contributed by atoms with Crippen molar-refractivity contribution >= 4 is 54.1 Å². The molecular weight excluding hydrogens is 389 g/mol. The molecule has 0 heterocycles. The summed E-state index contributed by atoms with van der Waals surface area (Å²) in [6.45, 7) is 0. The van der Waals surface area contributed by atoms with Crippen molar-refractivity contribution in [1.82, 2.24) is 0 Å². The Morgan fingerprint density at radius 2 is 1.74 bits per heavy atom. The Hall–Kier alpha value is -1.08. The zero-order valence-electron chi connectivity index (χ0n) is 9.70. The quantitative estimate of drug-likeness (QED) is 0.461. The number of hydrogen-bond acceptors (Lipinski definition) is 1. The van der Waals surface area contributed by atoms with E-state index >= 15 is 0 Å². The first-order valence-corrected chi connectivity index (χ1v) is 7.40. The van der Waals surface area contributed by atoms with Crippen molar-refractivity contribution < 1.29 is 0 Å². The van der Waals surface area contributed by atoms with E-state index in [1.807, 2.05) is 48.5 Å². The van der Waals surface area contributed by atoms with Gasteiger partial charge in [0.2, 0.25) is 0 Å². The zero-order valence-corrected chi connectivity index (χ0v) is 13.6. The molecule has 0 saturated heterocycles. The molecule has 2 aromatic rings. The van der Waals surface area contributed by atoms with E-state index in [-0.39, 0.29) is 0 Å². The van der Waals surface area contributed by atoms with Crippen LogP contribution in [0.4, 0.5) is 0 Å². The monoisotopic (exact) mass is 395 g/mol. The number of nitriles is 1. The van der Waals surface area contributed by atoms with Crippen LogP contribution in [-0.2, 0) is 0 Å². The highest BCUT2D eigenvalue weighted by atomic mass is 79.9. The van der Waals surface area contributed by atoms with Gasteiger partial charge in [-0.2, -0.15) is 5.26 Å². The van der Waals surface area contributed by atoms with Gasteiger partial charge >= 0.3 is 0 Å². The second kappa shape index (κ2) is 6.38. The topological polar surface area (TPSA) is 23.8 Å². The Balaban J connectivity index is 2.59. The molecule has 0 bridgehead atoms. The van der Waals surface area contributed by atoms with Gasteiger partial charge in [-0.05, 0) is 17.7 Å². The molecule has 19 heavy (non-hydrogen) atoms. The summed E-state index contributed by atoms with van der Waals surface area (Å²) in [6.07, 6.45) is 0. The Labute approximate surface area is 133 Å². The predicted octanol–water partition coefficient (Wildman–Crippen LogP) is 5.84. The first-order valence-electron chi connectivity index (χ1n) is 5.44.